The third kappa shape index (κ3) is 3.88. The molecule has 0 aromatic heterocycles. The van der Waals surface area contributed by atoms with Gasteiger partial charge in [-0.2, -0.15) is 0 Å². The lowest BCUT2D eigenvalue weighted by atomic mass is 10.1. The number of halogens is 2. The molecule has 7 heteroatoms. The number of hydrogen-bond donors (Lipinski definition) is 2. The van der Waals surface area contributed by atoms with Crippen LogP contribution >= 0.6 is 0 Å². The summed E-state index contributed by atoms with van der Waals surface area (Å²) >= 11 is 0. The molecule has 2 rings (SSSR count). The molecule has 2 aromatic rings. The minimum atomic E-state index is -4.31. The largest absolute Gasteiger partial charge is 0.388 e. The molecule has 0 heterocycles. The fourth-order valence-corrected chi connectivity index (χ4v) is 3.16. The number of sulfonamides is 1. The molecule has 4 nitrogen and oxygen atoms in total. The van der Waals surface area contributed by atoms with E-state index < -0.39 is 32.7 Å². The van der Waals surface area contributed by atoms with Crippen LogP contribution in [0, 0.1) is 11.6 Å². The Bertz CT molecular complexity index is 715. The van der Waals surface area contributed by atoms with Crippen LogP contribution in [0.2, 0.25) is 0 Å². The van der Waals surface area contributed by atoms with E-state index in [9.17, 15) is 22.3 Å². The molecule has 0 aliphatic heterocycles. The van der Waals surface area contributed by atoms with Crippen molar-refractivity contribution in [1.82, 2.24) is 4.72 Å². The highest BCUT2D eigenvalue weighted by atomic mass is 32.2. The Kier molecular flexibility index (Phi) is 5.23. The molecule has 2 aromatic carbocycles. The molecule has 0 aliphatic carbocycles. The average Bonchev–Trinajstić information content (AvgIpc) is 2.47. The number of hydrogen-bond acceptors (Lipinski definition) is 3. The maximum Gasteiger partial charge on any atom is 0.246 e. The molecule has 0 saturated heterocycles. The van der Waals surface area contributed by atoms with Crippen molar-refractivity contribution in [2.45, 2.75) is 17.4 Å². The van der Waals surface area contributed by atoms with Crippen molar-refractivity contribution in [2.75, 3.05) is 6.54 Å². The Labute approximate surface area is 127 Å². The third-order valence-electron chi connectivity index (χ3n) is 3.08. The number of aliphatic hydroxyl groups excluding tert-OH is 1. The first-order valence-electron chi connectivity index (χ1n) is 6.58. The van der Waals surface area contributed by atoms with E-state index >= 15 is 0 Å². The maximum atomic E-state index is 13.5. The SMILES string of the molecule is O=S(=O)(NCCC(O)c1ccccc1)c1c(F)cccc1F. The van der Waals surface area contributed by atoms with Gasteiger partial charge >= 0.3 is 0 Å². The van der Waals surface area contributed by atoms with Gasteiger partial charge in [0.2, 0.25) is 10.0 Å². The van der Waals surface area contributed by atoms with Crippen LogP contribution in [-0.2, 0) is 10.0 Å². The van der Waals surface area contributed by atoms with Gasteiger partial charge in [-0.25, -0.2) is 21.9 Å². The summed E-state index contributed by atoms with van der Waals surface area (Å²) in [5.41, 5.74) is 0.638. The Morgan fingerprint density at radius 3 is 2.18 bits per heavy atom. The van der Waals surface area contributed by atoms with E-state index in [1.165, 1.54) is 0 Å². The minimum Gasteiger partial charge on any atom is -0.388 e. The lowest BCUT2D eigenvalue weighted by Gasteiger charge is -2.12. The molecular weight excluding hydrogens is 312 g/mol. The summed E-state index contributed by atoms with van der Waals surface area (Å²) in [6.45, 7) is -0.147. The van der Waals surface area contributed by atoms with Gasteiger partial charge < -0.3 is 5.11 Å². The summed E-state index contributed by atoms with van der Waals surface area (Å²) in [6.07, 6.45) is -0.784. The monoisotopic (exact) mass is 327 g/mol. The van der Waals surface area contributed by atoms with Gasteiger partial charge in [-0.1, -0.05) is 36.4 Å². The zero-order valence-corrected chi connectivity index (χ0v) is 12.4. The van der Waals surface area contributed by atoms with Crippen LogP contribution in [0.25, 0.3) is 0 Å². The fraction of sp³-hybridized carbons (Fsp3) is 0.200. The van der Waals surface area contributed by atoms with Gasteiger partial charge in [0, 0.05) is 6.54 Å². The van der Waals surface area contributed by atoms with Crippen molar-refractivity contribution in [3.63, 3.8) is 0 Å². The second-order valence-corrected chi connectivity index (χ2v) is 6.37. The van der Waals surface area contributed by atoms with E-state index in [2.05, 4.69) is 4.72 Å². The second-order valence-electron chi connectivity index (χ2n) is 4.66. The minimum absolute atomic E-state index is 0.0827. The van der Waals surface area contributed by atoms with E-state index in [1.54, 1.807) is 30.3 Å². The van der Waals surface area contributed by atoms with Gasteiger partial charge in [-0.15, -0.1) is 0 Å². The average molecular weight is 327 g/mol. The standard InChI is InChI=1S/C15H15F2NO3S/c16-12-7-4-8-13(17)15(12)22(20,21)18-10-9-14(19)11-5-2-1-3-6-11/h1-8,14,18-19H,9-10H2. The zero-order chi connectivity index (χ0) is 16.2. The van der Waals surface area contributed by atoms with Crippen molar-refractivity contribution in [3.05, 3.63) is 65.7 Å². The number of benzene rings is 2. The van der Waals surface area contributed by atoms with Crippen molar-refractivity contribution in [1.29, 1.82) is 0 Å². The van der Waals surface area contributed by atoms with Gasteiger partial charge in [-0.3, -0.25) is 0 Å². The third-order valence-corrected chi connectivity index (χ3v) is 4.59. The number of rotatable bonds is 6. The molecule has 2 N–H and O–H groups in total. The van der Waals surface area contributed by atoms with E-state index in [-0.39, 0.29) is 13.0 Å². The van der Waals surface area contributed by atoms with Crippen molar-refractivity contribution >= 4 is 10.0 Å². The van der Waals surface area contributed by atoms with Gasteiger partial charge in [0.15, 0.2) is 4.90 Å². The summed E-state index contributed by atoms with van der Waals surface area (Å²) in [7, 11) is -4.31. The molecule has 0 spiro atoms. The zero-order valence-electron chi connectivity index (χ0n) is 11.5. The summed E-state index contributed by atoms with van der Waals surface area (Å²) < 4.78 is 52.9. The Morgan fingerprint density at radius 1 is 1.00 bits per heavy atom. The van der Waals surface area contributed by atoms with Crippen LogP contribution in [0.4, 0.5) is 8.78 Å². The number of nitrogens with one attached hydrogen (secondary N) is 1. The van der Waals surface area contributed by atoms with E-state index in [0.29, 0.717) is 5.56 Å². The van der Waals surface area contributed by atoms with Crippen molar-refractivity contribution in [2.24, 2.45) is 0 Å². The highest BCUT2D eigenvalue weighted by Gasteiger charge is 2.23. The maximum absolute atomic E-state index is 13.5. The lowest BCUT2D eigenvalue weighted by molar-refractivity contribution is 0.169. The normalized spacial score (nSPS) is 13.0. The molecule has 22 heavy (non-hydrogen) atoms. The van der Waals surface area contributed by atoms with Crippen molar-refractivity contribution in [3.8, 4) is 0 Å². The van der Waals surface area contributed by atoms with Gasteiger partial charge in [0.05, 0.1) is 6.10 Å². The summed E-state index contributed by atoms with van der Waals surface area (Å²) in [6, 6.07) is 11.5. The predicted molar refractivity (Wildman–Crippen MR) is 77.6 cm³/mol. The molecule has 0 bridgehead atoms. The smallest absolute Gasteiger partial charge is 0.246 e. The van der Waals surface area contributed by atoms with Gasteiger partial charge in [0.1, 0.15) is 11.6 Å². The van der Waals surface area contributed by atoms with E-state index in [1.807, 2.05) is 0 Å². The highest BCUT2D eigenvalue weighted by molar-refractivity contribution is 7.89. The Hall–Kier alpha value is -1.83. The van der Waals surface area contributed by atoms with Crippen LogP contribution in [0.1, 0.15) is 18.1 Å². The predicted octanol–water partition coefficient (Wildman–Crippen LogP) is 2.37. The molecular formula is C15H15F2NO3S. The van der Waals surface area contributed by atoms with E-state index in [4.69, 9.17) is 0 Å². The van der Waals surface area contributed by atoms with Crippen LogP contribution in [0.3, 0.4) is 0 Å². The van der Waals surface area contributed by atoms with Gasteiger partial charge in [-0.05, 0) is 24.1 Å². The molecule has 0 fully saturated rings. The first-order valence-corrected chi connectivity index (χ1v) is 8.07. The Morgan fingerprint density at radius 2 is 1.59 bits per heavy atom. The highest BCUT2D eigenvalue weighted by Crippen LogP contribution is 2.19. The summed E-state index contributed by atoms with van der Waals surface area (Å²) in [5.74, 6) is -2.31. The van der Waals surface area contributed by atoms with Crippen molar-refractivity contribution < 1.29 is 22.3 Å². The molecule has 1 atom stereocenters. The van der Waals surface area contributed by atoms with Crippen LogP contribution in [0.5, 0.6) is 0 Å². The van der Waals surface area contributed by atoms with Crippen LogP contribution < -0.4 is 4.72 Å². The number of aliphatic hydroxyl groups is 1. The molecule has 0 amide bonds. The lowest BCUT2D eigenvalue weighted by Crippen LogP contribution is -2.27. The molecule has 0 radical (unpaired) electrons. The molecule has 1 unspecified atom stereocenters. The van der Waals surface area contributed by atoms with E-state index in [0.717, 1.165) is 18.2 Å². The Balaban J connectivity index is 2.02. The second kappa shape index (κ2) is 6.95. The van der Waals surface area contributed by atoms with Crippen LogP contribution in [0.15, 0.2) is 53.4 Å². The summed E-state index contributed by atoms with van der Waals surface area (Å²) in [5, 5.41) is 9.91. The molecule has 0 aliphatic rings. The first-order chi connectivity index (χ1) is 10.4. The van der Waals surface area contributed by atoms with Crippen LogP contribution in [-0.4, -0.2) is 20.1 Å². The quantitative estimate of drug-likeness (QED) is 0.856. The topological polar surface area (TPSA) is 66.4 Å². The summed E-state index contributed by atoms with van der Waals surface area (Å²) in [4.78, 5) is -1.01. The molecule has 118 valence electrons. The first kappa shape index (κ1) is 16.5. The molecule has 0 saturated carbocycles. The van der Waals surface area contributed by atoms with Gasteiger partial charge in [0.25, 0.3) is 0 Å². The fourth-order valence-electron chi connectivity index (χ4n) is 1.98.